The van der Waals surface area contributed by atoms with E-state index in [2.05, 4.69) is 24.1 Å². The molecule has 19 heavy (non-hydrogen) atoms. The van der Waals surface area contributed by atoms with Crippen LogP contribution in [0.1, 0.15) is 39.5 Å². The van der Waals surface area contributed by atoms with Crippen LogP contribution in [-0.2, 0) is 0 Å². The molecule has 1 aliphatic heterocycles. The molecule has 4 atom stereocenters. The number of nitrogens with one attached hydrogen (secondary N) is 1. The number of piperidine rings is 1. The second-order valence-electron chi connectivity index (χ2n) is 6.38. The van der Waals surface area contributed by atoms with Gasteiger partial charge in [0, 0.05) is 31.7 Å². The first kappa shape index (κ1) is 15.2. The van der Waals surface area contributed by atoms with Crippen LogP contribution in [0.5, 0.6) is 0 Å². The Morgan fingerprint density at radius 1 is 1.26 bits per heavy atom. The van der Waals surface area contributed by atoms with Gasteiger partial charge in [0.25, 0.3) is 0 Å². The number of aliphatic hydroxyl groups is 2. The molecule has 2 rings (SSSR count). The van der Waals surface area contributed by atoms with Crippen LogP contribution in [-0.4, -0.2) is 59.5 Å². The largest absolute Gasteiger partial charge is 0.395 e. The van der Waals surface area contributed by atoms with Gasteiger partial charge in [-0.15, -0.1) is 0 Å². The van der Waals surface area contributed by atoms with Crippen LogP contribution in [0.2, 0.25) is 0 Å². The van der Waals surface area contributed by atoms with Gasteiger partial charge in [0.05, 0.1) is 12.7 Å². The lowest BCUT2D eigenvalue weighted by atomic mass is 9.87. The first-order chi connectivity index (χ1) is 9.15. The van der Waals surface area contributed by atoms with Crippen molar-refractivity contribution in [3.05, 3.63) is 0 Å². The Hall–Kier alpha value is -0.160. The predicted octanol–water partition coefficient (Wildman–Crippen LogP) is 0.828. The van der Waals surface area contributed by atoms with Crippen LogP contribution < -0.4 is 5.32 Å². The zero-order valence-corrected chi connectivity index (χ0v) is 12.4. The predicted molar refractivity (Wildman–Crippen MR) is 77.0 cm³/mol. The van der Waals surface area contributed by atoms with Crippen molar-refractivity contribution in [1.29, 1.82) is 0 Å². The van der Waals surface area contributed by atoms with Gasteiger partial charge in [-0.25, -0.2) is 0 Å². The molecular formula is C15H30N2O2. The first-order valence-corrected chi connectivity index (χ1v) is 7.92. The molecule has 0 aromatic rings. The Bertz CT molecular complexity index is 271. The molecule has 0 amide bonds. The molecule has 0 bridgehead atoms. The summed E-state index contributed by atoms with van der Waals surface area (Å²) in [6.45, 7) is 7.33. The third-order valence-corrected chi connectivity index (χ3v) is 4.90. The normalized spacial score (nSPS) is 32.2. The molecule has 2 aliphatic rings. The first-order valence-electron chi connectivity index (χ1n) is 7.92. The number of nitrogens with zero attached hydrogens (tertiary/aromatic N) is 1. The number of likely N-dealkylation sites (tertiary alicyclic amines) is 1. The van der Waals surface area contributed by atoms with Gasteiger partial charge in [0.1, 0.15) is 0 Å². The Morgan fingerprint density at radius 2 is 2.00 bits per heavy atom. The molecule has 0 spiro atoms. The Balaban J connectivity index is 1.94. The fourth-order valence-electron chi connectivity index (χ4n) is 3.41. The number of hydrogen-bond donors (Lipinski definition) is 3. The van der Waals surface area contributed by atoms with E-state index in [9.17, 15) is 5.11 Å². The lowest BCUT2D eigenvalue weighted by Crippen LogP contribution is -2.54. The summed E-state index contributed by atoms with van der Waals surface area (Å²) in [6.07, 6.45) is 4.42. The highest BCUT2D eigenvalue weighted by Gasteiger charge is 2.37. The Morgan fingerprint density at radius 3 is 2.58 bits per heavy atom. The summed E-state index contributed by atoms with van der Waals surface area (Å²) in [5.41, 5.74) is 0. The smallest absolute Gasteiger partial charge is 0.0578 e. The maximum absolute atomic E-state index is 10.2. The third kappa shape index (κ3) is 4.15. The van der Waals surface area contributed by atoms with Gasteiger partial charge < -0.3 is 15.5 Å². The van der Waals surface area contributed by atoms with Crippen molar-refractivity contribution in [2.45, 2.75) is 57.7 Å². The van der Waals surface area contributed by atoms with Gasteiger partial charge in [-0.05, 0) is 44.4 Å². The lowest BCUT2D eigenvalue weighted by Gasteiger charge is -2.43. The molecule has 1 aliphatic carbocycles. The summed E-state index contributed by atoms with van der Waals surface area (Å²) < 4.78 is 0. The molecule has 3 N–H and O–H groups in total. The maximum Gasteiger partial charge on any atom is 0.0578 e. The fourth-order valence-corrected chi connectivity index (χ4v) is 3.41. The summed E-state index contributed by atoms with van der Waals surface area (Å²) in [4.78, 5) is 2.56. The van der Waals surface area contributed by atoms with Gasteiger partial charge in [0.2, 0.25) is 0 Å². The zero-order valence-electron chi connectivity index (χ0n) is 12.4. The summed E-state index contributed by atoms with van der Waals surface area (Å²) in [7, 11) is 0. The van der Waals surface area contributed by atoms with E-state index in [0.717, 1.165) is 31.8 Å². The monoisotopic (exact) mass is 270 g/mol. The average Bonchev–Trinajstić information content (AvgIpc) is 3.27. The maximum atomic E-state index is 10.2. The van der Waals surface area contributed by atoms with Crippen molar-refractivity contribution in [3.8, 4) is 0 Å². The van der Waals surface area contributed by atoms with E-state index in [1.807, 2.05) is 0 Å². The average molecular weight is 270 g/mol. The summed E-state index contributed by atoms with van der Waals surface area (Å²) in [6, 6.07) is 1.05. The van der Waals surface area contributed by atoms with Gasteiger partial charge >= 0.3 is 0 Å². The second kappa shape index (κ2) is 7.02. The van der Waals surface area contributed by atoms with Gasteiger partial charge in [-0.3, -0.25) is 4.90 Å². The third-order valence-electron chi connectivity index (χ3n) is 4.90. The van der Waals surface area contributed by atoms with Crippen molar-refractivity contribution in [1.82, 2.24) is 10.2 Å². The number of aliphatic hydroxyl groups excluding tert-OH is 2. The van der Waals surface area contributed by atoms with E-state index < -0.39 is 0 Å². The van der Waals surface area contributed by atoms with Crippen molar-refractivity contribution >= 4 is 0 Å². The van der Waals surface area contributed by atoms with Crippen molar-refractivity contribution < 1.29 is 10.2 Å². The van der Waals surface area contributed by atoms with E-state index in [0.29, 0.717) is 24.5 Å². The van der Waals surface area contributed by atoms with Gasteiger partial charge in [-0.1, -0.05) is 6.92 Å². The van der Waals surface area contributed by atoms with E-state index in [-0.39, 0.29) is 12.7 Å². The molecule has 4 nitrogen and oxygen atoms in total. The van der Waals surface area contributed by atoms with E-state index in [1.165, 1.54) is 12.8 Å². The minimum absolute atomic E-state index is 0.187. The van der Waals surface area contributed by atoms with Crippen LogP contribution in [0.4, 0.5) is 0 Å². The van der Waals surface area contributed by atoms with Crippen LogP contribution in [0.3, 0.4) is 0 Å². The molecule has 1 saturated carbocycles. The SMILES string of the molecule is CCC(O)C1CC(NCCO)CN(C(C)C2CC2)C1. The standard InChI is InChI=1S/C15H30N2O2/c1-3-15(19)13-8-14(16-6-7-18)10-17(9-13)11(2)12-4-5-12/h11-16,18-19H,3-10H2,1-2H3. The molecule has 1 heterocycles. The topological polar surface area (TPSA) is 55.7 Å². The molecule has 0 aromatic carbocycles. The van der Waals surface area contributed by atoms with Crippen LogP contribution in [0.15, 0.2) is 0 Å². The van der Waals surface area contributed by atoms with E-state index in [4.69, 9.17) is 5.11 Å². The lowest BCUT2D eigenvalue weighted by molar-refractivity contribution is 0.0175. The molecule has 112 valence electrons. The van der Waals surface area contributed by atoms with Crippen LogP contribution in [0.25, 0.3) is 0 Å². The minimum Gasteiger partial charge on any atom is -0.395 e. The molecule has 2 fully saturated rings. The Kier molecular flexibility index (Phi) is 5.63. The van der Waals surface area contributed by atoms with Gasteiger partial charge in [-0.2, -0.15) is 0 Å². The molecule has 4 heteroatoms. The summed E-state index contributed by atoms with van der Waals surface area (Å²) in [5.74, 6) is 1.24. The fraction of sp³-hybridized carbons (Fsp3) is 1.00. The van der Waals surface area contributed by atoms with E-state index >= 15 is 0 Å². The highest BCUT2D eigenvalue weighted by atomic mass is 16.3. The second-order valence-corrected chi connectivity index (χ2v) is 6.38. The molecule has 0 radical (unpaired) electrons. The molecule has 1 saturated heterocycles. The number of rotatable bonds is 7. The van der Waals surface area contributed by atoms with Crippen LogP contribution in [0, 0.1) is 11.8 Å². The van der Waals surface area contributed by atoms with Gasteiger partial charge in [0.15, 0.2) is 0 Å². The highest BCUT2D eigenvalue weighted by Crippen LogP contribution is 2.37. The quantitative estimate of drug-likeness (QED) is 0.641. The van der Waals surface area contributed by atoms with Crippen molar-refractivity contribution in [2.24, 2.45) is 11.8 Å². The van der Waals surface area contributed by atoms with Crippen LogP contribution >= 0.6 is 0 Å². The minimum atomic E-state index is -0.187. The van der Waals surface area contributed by atoms with E-state index in [1.54, 1.807) is 0 Å². The Labute approximate surface area is 117 Å². The number of hydrogen-bond acceptors (Lipinski definition) is 4. The summed E-state index contributed by atoms with van der Waals surface area (Å²) >= 11 is 0. The molecule has 0 aromatic heterocycles. The highest BCUT2D eigenvalue weighted by molar-refractivity contribution is 4.92. The summed E-state index contributed by atoms with van der Waals surface area (Å²) in [5, 5.41) is 22.6. The molecular weight excluding hydrogens is 240 g/mol. The van der Waals surface area contributed by atoms with Crippen molar-refractivity contribution in [3.63, 3.8) is 0 Å². The zero-order chi connectivity index (χ0) is 13.8. The molecule has 4 unspecified atom stereocenters. The van der Waals surface area contributed by atoms with Crippen molar-refractivity contribution in [2.75, 3.05) is 26.2 Å².